The van der Waals surface area contributed by atoms with Gasteiger partial charge in [-0.15, -0.1) is 0 Å². The molecule has 0 amide bonds. The Kier molecular flexibility index (Phi) is 8.00. The maximum Gasteiger partial charge on any atom is 0.144 e. The lowest BCUT2D eigenvalue weighted by atomic mass is 9.88. The Morgan fingerprint density at radius 1 is 1.28 bits per heavy atom. The van der Waals surface area contributed by atoms with Crippen LogP contribution in [0.3, 0.4) is 0 Å². The molecule has 0 heterocycles. The van der Waals surface area contributed by atoms with Gasteiger partial charge in [-0.3, -0.25) is 0 Å². The number of nitrogens with one attached hydrogen (secondary N) is 1. The van der Waals surface area contributed by atoms with E-state index in [-0.39, 0.29) is 5.41 Å². The van der Waals surface area contributed by atoms with E-state index < -0.39 is 0 Å². The normalized spacial score (nSPS) is 15.1. The maximum absolute atomic E-state index is 8.69. The minimum absolute atomic E-state index is 0.251. The van der Waals surface area contributed by atoms with Crippen LogP contribution in [0.4, 0.5) is 0 Å². The van der Waals surface area contributed by atoms with Crippen LogP contribution in [0.25, 0.3) is 0 Å². The van der Waals surface area contributed by atoms with Gasteiger partial charge in [0, 0.05) is 11.5 Å². The van der Waals surface area contributed by atoms with Crippen molar-refractivity contribution >= 4 is 5.84 Å². The van der Waals surface area contributed by atoms with Gasteiger partial charge in [0.05, 0.1) is 0 Å². The van der Waals surface area contributed by atoms with Gasteiger partial charge in [0.25, 0.3) is 0 Å². The quantitative estimate of drug-likeness (QED) is 0.257. The van der Waals surface area contributed by atoms with E-state index in [1.165, 1.54) is 19.3 Å². The van der Waals surface area contributed by atoms with E-state index in [1.54, 1.807) is 0 Å². The highest BCUT2D eigenvalue weighted by Crippen LogP contribution is 2.19. The minimum atomic E-state index is -0.251. The first kappa shape index (κ1) is 17.2. The van der Waals surface area contributed by atoms with E-state index in [2.05, 4.69) is 31.2 Å². The van der Waals surface area contributed by atoms with Crippen LogP contribution in [-0.2, 0) is 0 Å². The van der Waals surface area contributed by atoms with Crippen molar-refractivity contribution in [3.05, 3.63) is 0 Å². The molecule has 0 bridgehead atoms. The van der Waals surface area contributed by atoms with Gasteiger partial charge in [0.1, 0.15) is 5.84 Å². The summed E-state index contributed by atoms with van der Waals surface area (Å²) in [4.78, 5) is 0. The molecule has 0 aliphatic heterocycles. The van der Waals surface area contributed by atoms with Gasteiger partial charge in [-0.2, -0.15) is 0 Å². The molecule has 0 fully saturated rings. The van der Waals surface area contributed by atoms with Crippen molar-refractivity contribution in [2.24, 2.45) is 22.2 Å². The van der Waals surface area contributed by atoms with Crippen molar-refractivity contribution in [1.82, 2.24) is 5.32 Å². The minimum Gasteiger partial charge on any atom is -0.409 e. The van der Waals surface area contributed by atoms with Crippen LogP contribution in [0.2, 0.25) is 0 Å². The molecule has 0 spiro atoms. The number of hydrogen-bond donors (Lipinski definition) is 3. The Balaban J connectivity index is 3.77. The van der Waals surface area contributed by atoms with Crippen LogP contribution in [0.5, 0.6) is 0 Å². The van der Waals surface area contributed by atoms with Gasteiger partial charge < -0.3 is 16.3 Å². The van der Waals surface area contributed by atoms with E-state index in [4.69, 9.17) is 10.9 Å². The Labute approximate surface area is 112 Å². The summed E-state index contributed by atoms with van der Waals surface area (Å²) in [6.07, 6.45) is 4.65. The van der Waals surface area contributed by atoms with Gasteiger partial charge >= 0.3 is 0 Å². The number of amidine groups is 1. The lowest BCUT2D eigenvalue weighted by Gasteiger charge is -2.24. The summed E-state index contributed by atoms with van der Waals surface area (Å²) in [7, 11) is 0. The molecule has 0 aromatic rings. The molecule has 1 unspecified atom stereocenters. The fourth-order valence-corrected chi connectivity index (χ4v) is 1.83. The molecule has 0 saturated carbocycles. The topological polar surface area (TPSA) is 70.6 Å². The predicted octanol–water partition coefficient (Wildman–Crippen LogP) is 2.95. The zero-order valence-electron chi connectivity index (χ0n) is 12.7. The van der Waals surface area contributed by atoms with Gasteiger partial charge in [-0.05, 0) is 32.2 Å². The Morgan fingerprint density at radius 2 is 1.89 bits per heavy atom. The molecule has 0 aliphatic rings. The number of hydrogen-bond acceptors (Lipinski definition) is 3. The van der Waals surface area contributed by atoms with Gasteiger partial charge in [-0.25, -0.2) is 0 Å². The fraction of sp³-hybridized carbons (Fsp3) is 0.929. The third kappa shape index (κ3) is 7.54. The second-order valence-corrected chi connectivity index (χ2v) is 6.30. The highest BCUT2D eigenvalue weighted by Gasteiger charge is 2.23. The third-order valence-electron chi connectivity index (χ3n) is 3.46. The highest BCUT2D eigenvalue weighted by atomic mass is 16.4. The molecule has 0 aromatic carbocycles. The summed E-state index contributed by atoms with van der Waals surface area (Å²) in [6.45, 7) is 11.6. The predicted molar refractivity (Wildman–Crippen MR) is 78.0 cm³/mol. The van der Waals surface area contributed by atoms with Crippen molar-refractivity contribution in [2.75, 3.05) is 6.54 Å². The second kappa shape index (κ2) is 8.35. The van der Waals surface area contributed by atoms with E-state index in [0.717, 1.165) is 18.9 Å². The molecule has 0 rings (SSSR count). The number of nitrogens with zero attached hydrogens (tertiary/aromatic N) is 1. The Bertz CT molecular complexity index is 249. The average Bonchev–Trinajstić information content (AvgIpc) is 2.27. The first-order valence-corrected chi connectivity index (χ1v) is 7.01. The zero-order chi connectivity index (χ0) is 14.2. The average molecular weight is 257 g/mol. The lowest BCUT2D eigenvalue weighted by Crippen LogP contribution is -2.36. The molecule has 0 aliphatic carbocycles. The molecule has 4 nitrogen and oxygen atoms in total. The third-order valence-corrected chi connectivity index (χ3v) is 3.46. The smallest absolute Gasteiger partial charge is 0.144 e. The van der Waals surface area contributed by atoms with E-state index in [0.29, 0.717) is 11.9 Å². The molecular formula is C14H31N3O. The number of nitrogens with two attached hydrogens (primary N) is 1. The largest absolute Gasteiger partial charge is 0.409 e. The van der Waals surface area contributed by atoms with Crippen LogP contribution >= 0.6 is 0 Å². The van der Waals surface area contributed by atoms with Crippen LogP contribution < -0.4 is 11.1 Å². The SMILES string of the molecule is CC(C)CCCC(C)NCCC(C)(C)C(N)=NO. The molecule has 0 radical (unpaired) electrons. The van der Waals surface area contributed by atoms with E-state index in [9.17, 15) is 0 Å². The summed E-state index contributed by atoms with van der Waals surface area (Å²) in [5, 5.41) is 15.3. The Morgan fingerprint density at radius 3 is 2.39 bits per heavy atom. The molecule has 0 saturated heterocycles. The maximum atomic E-state index is 8.69. The summed E-state index contributed by atoms with van der Waals surface area (Å²) in [6, 6.07) is 0.534. The van der Waals surface area contributed by atoms with Crippen molar-refractivity contribution in [3.8, 4) is 0 Å². The van der Waals surface area contributed by atoms with E-state index >= 15 is 0 Å². The summed E-state index contributed by atoms with van der Waals surface area (Å²) in [5.41, 5.74) is 5.40. The van der Waals surface area contributed by atoms with Crippen molar-refractivity contribution < 1.29 is 5.21 Å². The van der Waals surface area contributed by atoms with Crippen LogP contribution in [0.15, 0.2) is 5.16 Å². The monoisotopic (exact) mass is 257 g/mol. The first-order chi connectivity index (χ1) is 8.29. The fourth-order valence-electron chi connectivity index (χ4n) is 1.83. The second-order valence-electron chi connectivity index (χ2n) is 6.30. The summed E-state index contributed by atoms with van der Waals surface area (Å²) < 4.78 is 0. The standard InChI is InChI=1S/C14H31N3O/c1-11(2)7-6-8-12(3)16-10-9-14(4,5)13(15)17-18/h11-12,16,18H,6-10H2,1-5H3,(H2,15,17). The first-order valence-electron chi connectivity index (χ1n) is 7.01. The molecule has 0 aromatic heterocycles. The van der Waals surface area contributed by atoms with Crippen molar-refractivity contribution in [1.29, 1.82) is 0 Å². The summed E-state index contributed by atoms with van der Waals surface area (Å²) >= 11 is 0. The summed E-state index contributed by atoms with van der Waals surface area (Å²) in [5.74, 6) is 1.09. The van der Waals surface area contributed by atoms with E-state index in [1.807, 2.05) is 13.8 Å². The van der Waals surface area contributed by atoms with Crippen LogP contribution in [-0.4, -0.2) is 23.6 Å². The highest BCUT2D eigenvalue weighted by molar-refractivity contribution is 5.85. The molecule has 108 valence electrons. The van der Waals surface area contributed by atoms with Crippen molar-refractivity contribution in [2.45, 2.75) is 66.3 Å². The molecule has 1 atom stereocenters. The molecule has 4 N–H and O–H groups in total. The zero-order valence-corrected chi connectivity index (χ0v) is 12.7. The van der Waals surface area contributed by atoms with Crippen LogP contribution in [0.1, 0.15) is 60.3 Å². The Hall–Kier alpha value is -0.770. The van der Waals surface area contributed by atoms with Gasteiger partial charge in [0.2, 0.25) is 0 Å². The molecule has 4 heteroatoms. The van der Waals surface area contributed by atoms with Crippen LogP contribution in [0, 0.1) is 11.3 Å². The van der Waals surface area contributed by atoms with Gasteiger partial charge in [0.15, 0.2) is 0 Å². The lowest BCUT2D eigenvalue weighted by molar-refractivity contribution is 0.304. The van der Waals surface area contributed by atoms with Crippen molar-refractivity contribution in [3.63, 3.8) is 0 Å². The number of rotatable bonds is 9. The molecule has 18 heavy (non-hydrogen) atoms. The van der Waals surface area contributed by atoms with Gasteiger partial charge in [-0.1, -0.05) is 45.7 Å². The molecular weight excluding hydrogens is 226 g/mol. The number of oxime groups is 1.